The van der Waals surface area contributed by atoms with Crippen LogP contribution >= 0.6 is 0 Å². The van der Waals surface area contributed by atoms with Gasteiger partial charge < -0.3 is 15.0 Å². The predicted octanol–water partition coefficient (Wildman–Crippen LogP) is 6.17. The van der Waals surface area contributed by atoms with Crippen LogP contribution in [-0.2, 0) is 17.8 Å². The van der Waals surface area contributed by atoms with Gasteiger partial charge in [0.1, 0.15) is 11.6 Å². The number of carbonyl (C=O) groups excluding carboxylic acids is 2. The zero-order chi connectivity index (χ0) is 25.5. The van der Waals surface area contributed by atoms with E-state index >= 15 is 0 Å². The van der Waals surface area contributed by atoms with E-state index < -0.39 is 0 Å². The highest BCUT2D eigenvalue weighted by molar-refractivity contribution is 6.06. The van der Waals surface area contributed by atoms with Gasteiger partial charge in [-0.2, -0.15) is 0 Å². The van der Waals surface area contributed by atoms with Gasteiger partial charge in [0.15, 0.2) is 0 Å². The van der Waals surface area contributed by atoms with Crippen LogP contribution in [0.5, 0.6) is 5.75 Å². The van der Waals surface area contributed by atoms with E-state index in [1.54, 1.807) is 60.5 Å². The van der Waals surface area contributed by atoms with Crippen LogP contribution in [0.2, 0.25) is 0 Å². The Labute approximate surface area is 210 Å². The fraction of sp³-hybridized carbons (Fsp3) is 0.133. The van der Waals surface area contributed by atoms with Crippen LogP contribution in [0.4, 0.5) is 15.8 Å². The highest BCUT2D eigenvalue weighted by Crippen LogP contribution is 2.23. The van der Waals surface area contributed by atoms with Gasteiger partial charge in [0.2, 0.25) is 5.91 Å². The molecule has 4 aromatic carbocycles. The summed E-state index contributed by atoms with van der Waals surface area (Å²) >= 11 is 0. The largest absolute Gasteiger partial charge is 0.497 e. The number of rotatable bonds is 8. The van der Waals surface area contributed by atoms with Gasteiger partial charge in [-0.15, -0.1) is 0 Å². The maximum Gasteiger partial charge on any atom is 0.258 e. The van der Waals surface area contributed by atoms with Crippen molar-refractivity contribution in [1.82, 2.24) is 0 Å². The normalized spacial score (nSPS) is 10.5. The molecule has 0 heterocycles. The van der Waals surface area contributed by atoms with Crippen molar-refractivity contribution < 1.29 is 18.7 Å². The molecule has 0 spiro atoms. The van der Waals surface area contributed by atoms with Crippen molar-refractivity contribution >= 4 is 23.2 Å². The number of anilines is 2. The maximum absolute atomic E-state index is 13.5. The molecule has 1 N–H and O–H groups in total. The third-order valence-electron chi connectivity index (χ3n) is 5.76. The Balaban J connectivity index is 1.56. The molecule has 0 aliphatic heterocycles. The molecule has 4 aromatic rings. The quantitative estimate of drug-likeness (QED) is 0.327. The molecule has 0 unspecified atom stereocenters. The smallest absolute Gasteiger partial charge is 0.258 e. The molecule has 0 aliphatic rings. The molecule has 5 nitrogen and oxygen atoms in total. The zero-order valence-corrected chi connectivity index (χ0v) is 20.2. The number of ether oxygens (including phenoxy) is 1. The van der Waals surface area contributed by atoms with Gasteiger partial charge in [-0.3, -0.25) is 9.59 Å². The van der Waals surface area contributed by atoms with E-state index in [2.05, 4.69) is 5.32 Å². The minimum Gasteiger partial charge on any atom is -0.497 e. The van der Waals surface area contributed by atoms with Crippen LogP contribution in [0.3, 0.4) is 0 Å². The van der Waals surface area contributed by atoms with Crippen molar-refractivity contribution in [3.63, 3.8) is 0 Å². The summed E-state index contributed by atoms with van der Waals surface area (Å²) in [7, 11) is 1.59. The standard InChI is InChI=1S/C30H27FN2O3/c1-21-6-10-24(11-7-21)30(35)33(20-22-8-12-25(31)13-9-22)27-5-3-4-23(18-27)19-29(34)32-26-14-16-28(36-2)17-15-26/h3-18H,19-20H2,1-2H3,(H,32,34). The average Bonchev–Trinajstić information content (AvgIpc) is 2.89. The minimum atomic E-state index is -0.333. The van der Waals surface area contributed by atoms with Crippen molar-refractivity contribution in [3.05, 3.63) is 125 Å². The van der Waals surface area contributed by atoms with Crippen LogP contribution in [0.15, 0.2) is 97.1 Å². The molecule has 0 radical (unpaired) electrons. The first kappa shape index (κ1) is 24.7. The fourth-order valence-electron chi connectivity index (χ4n) is 3.80. The molecule has 0 aliphatic carbocycles. The number of nitrogens with zero attached hydrogens (tertiary/aromatic N) is 1. The first-order valence-electron chi connectivity index (χ1n) is 11.6. The van der Waals surface area contributed by atoms with Crippen LogP contribution < -0.4 is 15.0 Å². The minimum absolute atomic E-state index is 0.142. The average molecular weight is 483 g/mol. The highest BCUT2D eigenvalue weighted by Gasteiger charge is 2.19. The first-order chi connectivity index (χ1) is 17.4. The summed E-state index contributed by atoms with van der Waals surface area (Å²) in [5.74, 6) is 0.0200. The number of hydrogen-bond donors (Lipinski definition) is 1. The van der Waals surface area contributed by atoms with E-state index in [-0.39, 0.29) is 30.6 Å². The molecule has 182 valence electrons. The Morgan fingerprint density at radius 2 is 1.56 bits per heavy atom. The van der Waals surface area contributed by atoms with E-state index in [1.165, 1.54) is 12.1 Å². The number of amides is 2. The van der Waals surface area contributed by atoms with E-state index in [0.29, 0.717) is 22.7 Å². The number of hydrogen-bond acceptors (Lipinski definition) is 3. The van der Waals surface area contributed by atoms with Crippen molar-refractivity contribution in [2.75, 3.05) is 17.3 Å². The highest BCUT2D eigenvalue weighted by atomic mass is 19.1. The van der Waals surface area contributed by atoms with Crippen molar-refractivity contribution in [1.29, 1.82) is 0 Å². The van der Waals surface area contributed by atoms with Gasteiger partial charge in [0.05, 0.1) is 20.1 Å². The molecule has 36 heavy (non-hydrogen) atoms. The Morgan fingerprint density at radius 3 is 2.22 bits per heavy atom. The van der Waals surface area contributed by atoms with Crippen LogP contribution in [-0.4, -0.2) is 18.9 Å². The summed E-state index contributed by atoms with van der Waals surface area (Å²) in [6.45, 7) is 2.22. The van der Waals surface area contributed by atoms with E-state index in [0.717, 1.165) is 16.7 Å². The lowest BCUT2D eigenvalue weighted by molar-refractivity contribution is -0.115. The molecule has 0 atom stereocenters. The van der Waals surface area contributed by atoms with Crippen molar-refractivity contribution in [2.45, 2.75) is 19.9 Å². The lowest BCUT2D eigenvalue weighted by Crippen LogP contribution is -2.30. The second-order valence-electron chi connectivity index (χ2n) is 8.51. The zero-order valence-electron chi connectivity index (χ0n) is 20.2. The Morgan fingerprint density at radius 1 is 0.861 bits per heavy atom. The summed E-state index contributed by atoms with van der Waals surface area (Å²) in [4.78, 5) is 27.8. The number of carbonyl (C=O) groups is 2. The van der Waals surface area contributed by atoms with Crippen LogP contribution in [0, 0.1) is 12.7 Å². The molecular weight excluding hydrogens is 455 g/mol. The Hall–Kier alpha value is -4.45. The summed E-state index contributed by atoms with van der Waals surface area (Å²) in [6.07, 6.45) is 0.142. The first-order valence-corrected chi connectivity index (χ1v) is 11.6. The molecular formula is C30H27FN2O3. The Bertz CT molecular complexity index is 1330. The molecule has 0 saturated heterocycles. The van der Waals surface area contributed by atoms with E-state index in [1.807, 2.05) is 43.3 Å². The second kappa shape index (κ2) is 11.3. The van der Waals surface area contributed by atoms with Gasteiger partial charge in [0.25, 0.3) is 5.91 Å². The number of nitrogens with one attached hydrogen (secondary N) is 1. The summed E-state index contributed by atoms with van der Waals surface area (Å²) in [5.41, 5.74) is 4.48. The monoisotopic (exact) mass is 482 g/mol. The van der Waals surface area contributed by atoms with E-state index in [9.17, 15) is 14.0 Å². The number of methoxy groups -OCH3 is 1. The molecule has 2 amide bonds. The lowest BCUT2D eigenvalue weighted by Gasteiger charge is -2.24. The molecule has 0 bridgehead atoms. The lowest BCUT2D eigenvalue weighted by atomic mass is 10.1. The number of benzene rings is 4. The van der Waals surface area contributed by atoms with Crippen molar-refractivity contribution in [3.8, 4) is 5.75 Å². The van der Waals surface area contributed by atoms with E-state index in [4.69, 9.17) is 4.74 Å². The molecule has 0 fully saturated rings. The summed E-state index contributed by atoms with van der Waals surface area (Å²) in [6, 6.07) is 27.9. The number of halogens is 1. The molecule has 0 saturated carbocycles. The third kappa shape index (κ3) is 6.36. The van der Waals surface area contributed by atoms with Crippen molar-refractivity contribution in [2.24, 2.45) is 0 Å². The molecule has 4 rings (SSSR count). The second-order valence-corrected chi connectivity index (χ2v) is 8.51. The maximum atomic E-state index is 13.5. The molecule has 6 heteroatoms. The molecule has 0 aromatic heterocycles. The van der Waals surface area contributed by atoms with Gasteiger partial charge in [-0.25, -0.2) is 4.39 Å². The Kier molecular flexibility index (Phi) is 7.75. The number of aryl methyl sites for hydroxylation is 1. The van der Waals surface area contributed by atoms with Crippen LogP contribution in [0.1, 0.15) is 27.0 Å². The summed E-state index contributed by atoms with van der Waals surface area (Å²) in [5, 5.41) is 2.88. The topological polar surface area (TPSA) is 58.6 Å². The van der Waals surface area contributed by atoms with Crippen LogP contribution in [0.25, 0.3) is 0 Å². The fourth-order valence-corrected chi connectivity index (χ4v) is 3.80. The van der Waals surface area contributed by atoms with Gasteiger partial charge in [-0.05, 0) is 78.7 Å². The third-order valence-corrected chi connectivity index (χ3v) is 5.76. The summed E-state index contributed by atoms with van der Waals surface area (Å²) < 4.78 is 18.6. The van der Waals surface area contributed by atoms with Gasteiger partial charge in [-0.1, -0.05) is 42.0 Å². The predicted molar refractivity (Wildman–Crippen MR) is 140 cm³/mol. The van der Waals surface area contributed by atoms with Gasteiger partial charge >= 0.3 is 0 Å². The SMILES string of the molecule is COc1ccc(NC(=O)Cc2cccc(N(Cc3ccc(F)cc3)C(=O)c3ccc(C)cc3)c2)cc1. The van der Waals surface area contributed by atoms with Gasteiger partial charge in [0, 0.05) is 16.9 Å².